The first kappa shape index (κ1) is 15.9. The van der Waals surface area contributed by atoms with Gasteiger partial charge >= 0.3 is 0 Å². The molecule has 1 aromatic rings. The van der Waals surface area contributed by atoms with Crippen LogP contribution < -0.4 is 14.8 Å². The lowest BCUT2D eigenvalue weighted by molar-refractivity contribution is 0.494. The van der Waals surface area contributed by atoms with E-state index in [1.165, 1.54) is 0 Å². The number of hydrogen-bond acceptors (Lipinski definition) is 3. The van der Waals surface area contributed by atoms with E-state index in [2.05, 4.69) is 14.8 Å². The van der Waals surface area contributed by atoms with E-state index in [4.69, 9.17) is 0 Å². The Kier molecular flexibility index (Phi) is 4.95. The van der Waals surface area contributed by atoms with Crippen molar-refractivity contribution in [3.63, 3.8) is 0 Å². The highest BCUT2D eigenvalue weighted by Gasteiger charge is 2.19. The molecule has 6 heteroatoms. The summed E-state index contributed by atoms with van der Waals surface area (Å²) in [5, 5.41) is 3.13. The van der Waals surface area contributed by atoms with E-state index >= 15 is 0 Å². The Bertz CT molecular complexity index is 504. The molecule has 1 unspecified atom stereocenters. The first-order chi connectivity index (χ1) is 8.63. The van der Waals surface area contributed by atoms with E-state index in [-0.39, 0.29) is 6.04 Å². The van der Waals surface area contributed by atoms with E-state index in [1.54, 1.807) is 32.9 Å². The Morgan fingerprint density at radius 3 is 2.05 bits per heavy atom. The van der Waals surface area contributed by atoms with Crippen LogP contribution in [0, 0.1) is 0 Å². The average Bonchev–Trinajstić information content (AvgIpc) is 2.25. The summed E-state index contributed by atoms with van der Waals surface area (Å²) in [6.07, 6.45) is 0. The van der Waals surface area contributed by atoms with Gasteiger partial charge in [-0.3, -0.25) is 4.72 Å². The van der Waals surface area contributed by atoms with Gasteiger partial charge in [0.15, 0.2) is 0 Å². The van der Waals surface area contributed by atoms with Gasteiger partial charge in [0.2, 0.25) is 0 Å². The molecule has 0 aromatic heterocycles. The summed E-state index contributed by atoms with van der Waals surface area (Å²) in [4.78, 5) is 0. The van der Waals surface area contributed by atoms with Crippen molar-refractivity contribution < 1.29 is 8.42 Å². The molecule has 0 aliphatic heterocycles. The molecule has 1 atom stereocenters. The van der Waals surface area contributed by atoms with Crippen molar-refractivity contribution in [2.45, 2.75) is 39.3 Å². The molecule has 0 heterocycles. The number of nitrogens with one attached hydrogen (secondary N) is 3. The van der Waals surface area contributed by atoms with Crippen LogP contribution >= 0.6 is 0 Å². The summed E-state index contributed by atoms with van der Waals surface area (Å²) in [5.41, 5.74) is 1.14. The fourth-order valence-electron chi connectivity index (χ4n) is 1.59. The van der Waals surface area contributed by atoms with Crippen LogP contribution in [0.25, 0.3) is 0 Å². The van der Waals surface area contributed by atoms with E-state index in [0.717, 1.165) is 5.56 Å². The number of rotatable bonds is 5. The molecule has 108 valence electrons. The Hall–Kier alpha value is -1.11. The maximum absolute atomic E-state index is 11.9. The predicted octanol–water partition coefficient (Wildman–Crippen LogP) is 2.01. The summed E-state index contributed by atoms with van der Waals surface area (Å²) in [6.45, 7) is 7.43. The Morgan fingerprint density at radius 1 is 1.11 bits per heavy atom. The van der Waals surface area contributed by atoms with E-state index in [9.17, 15) is 8.42 Å². The van der Waals surface area contributed by atoms with Crippen LogP contribution in [0.5, 0.6) is 0 Å². The highest BCUT2D eigenvalue weighted by atomic mass is 32.2. The van der Waals surface area contributed by atoms with Crippen molar-refractivity contribution >= 4 is 15.9 Å². The van der Waals surface area contributed by atoms with Crippen molar-refractivity contribution in [2.75, 3.05) is 11.8 Å². The van der Waals surface area contributed by atoms with Gasteiger partial charge in [0, 0.05) is 17.3 Å². The number of benzene rings is 1. The van der Waals surface area contributed by atoms with Crippen LogP contribution in [-0.4, -0.2) is 21.0 Å². The van der Waals surface area contributed by atoms with Gasteiger partial charge in [0.05, 0.1) is 0 Å². The second-order valence-corrected chi connectivity index (χ2v) is 7.01. The SMILES string of the molecule is CNC(C)c1ccc(NS(=O)(=O)NC(C)(C)C)cc1. The van der Waals surface area contributed by atoms with Crippen LogP contribution in [0.2, 0.25) is 0 Å². The standard InChI is InChI=1S/C13H23N3O2S/c1-10(14-5)11-6-8-12(9-7-11)15-19(17,18)16-13(2,3)4/h6-10,14-16H,1-5H3. The predicted molar refractivity (Wildman–Crippen MR) is 79.3 cm³/mol. The van der Waals surface area contributed by atoms with Gasteiger partial charge in [0.25, 0.3) is 10.2 Å². The molecule has 0 radical (unpaired) electrons. The highest BCUT2D eigenvalue weighted by molar-refractivity contribution is 7.90. The molecule has 0 bridgehead atoms. The molecule has 0 aliphatic rings. The lowest BCUT2D eigenvalue weighted by Crippen LogP contribution is -2.43. The summed E-state index contributed by atoms with van der Waals surface area (Å²) in [5.74, 6) is 0. The second-order valence-electron chi connectivity index (χ2n) is 5.59. The highest BCUT2D eigenvalue weighted by Crippen LogP contribution is 2.16. The van der Waals surface area contributed by atoms with E-state index in [1.807, 2.05) is 26.1 Å². The molecule has 1 rings (SSSR count). The van der Waals surface area contributed by atoms with Crippen molar-refractivity contribution in [1.82, 2.24) is 10.0 Å². The maximum Gasteiger partial charge on any atom is 0.299 e. The van der Waals surface area contributed by atoms with Crippen LogP contribution in [-0.2, 0) is 10.2 Å². The quantitative estimate of drug-likeness (QED) is 0.775. The largest absolute Gasteiger partial charge is 0.313 e. The molecule has 0 amide bonds. The molecule has 0 fully saturated rings. The van der Waals surface area contributed by atoms with Crippen molar-refractivity contribution in [3.05, 3.63) is 29.8 Å². The molecular formula is C13H23N3O2S. The topological polar surface area (TPSA) is 70.2 Å². The van der Waals surface area contributed by atoms with Gasteiger partial charge in [-0.2, -0.15) is 13.1 Å². The monoisotopic (exact) mass is 285 g/mol. The van der Waals surface area contributed by atoms with Crippen LogP contribution in [0.1, 0.15) is 39.3 Å². The fraction of sp³-hybridized carbons (Fsp3) is 0.538. The first-order valence-electron chi connectivity index (χ1n) is 6.22. The van der Waals surface area contributed by atoms with Crippen LogP contribution in [0.4, 0.5) is 5.69 Å². The summed E-state index contributed by atoms with van der Waals surface area (Å²) >= 11 is 0. The van der Waals surface area contributed by atoms with Gasteiger partial charge in [0.1, 0.15) is 0 Å². The first-order valence-corrected chi connectivity index (χ1v) is 7.70. The van der Waals surface area contributed by atoms with E-state index in [0.29, 0.717) is 5.69 Å². The normalized spacial score (nSPS) is 14.2. The Balaban J connectivity index is 2.78. The van der Waals surface area contributed by atoms with Crippen molar-refractivity contribution in [1.29, 1.82) is 0 Å². The second kappa shape index (κ2) is 5.90. The zero-order valence-corrected chi connectivity index (χ0v) is 12.9. The average molecular weight is 285 g/mol. The van der Waals surface area contributed by atoms with E-state index < -0.39 is 15.7 Å². The zero-order chi connectivity index (χ0) is 14.7. The minimum absolute atomic E-state index is 0.235. The Labute approximate surface area is 116 Å². The zero-order valence-electron chi connectivity index (χ0n) is 12.1. The smallest absolute Gasteiger partial charge is 0.299 e. The van der Waals surface area contributed by atoms with Crippen molar-refractivity contribution in [3.8, 4) is 0 Å². The number of hydrogen-bond donors (Lipinski definition) is 3. The number of anilines is 1. The maximum atomic E-state index is 11.9. The summed E-state index contributed by atoms with van der Waals surface area (Å²) < 4.78 is 28.8. The summed E-state index contributed by atoms with van der Waals surface area (Å²) in [6, 6.07) is 7.54. The molecule has 0 aliphatic carbocycles. The van der Waals surface area contributed by atoms with Crippen molar-refractivity contribution in [2.24, 2.45) is 0 Å². The molecule has 5 nitrogen and oxygen atoms in total. The molecule has 0 saturated carbocycles. The molecule has 1 aromatic carbocycles. The molecule has 3 N–H and O–H groups in total. The Morgan fingerprint density at radius 2 is 1.63 bits per heavy atom. The van der Waals surface area contributed by atoms with Gasteiger partial charge in [-0.25, -0.2) is 0 Å². The molecule has 0 saturated heterocycles. The van der Waals surface area contributed by atoms with Gasteiger partial charge in [-0.15, -0.1) is 0 Å². The van der Waals surface area contributed by atoms with Gasteiger partial charge in [-0.1, -0.05) is 12.1 Å². The van der Waals surface area contributed by atoms with Crippen LogP contribution in [0.3, 0.4) is 0 Å². The molecule has 0 spiro atoms. The minimum atomic E-state index is -3.55. The van der Waals surface area contributed by atoms with Gasteiger partial charge in [-0.05, 0) is 52.4 Å². The van der Waals surface area contributed by atoms with Gasteiger partial charge < -0.3 is 5.32 Å². The lowest BCUT2D eigenvalue weighted by Gasteiger charge is -2.21. The minimum Gasteiger partial charge on any atom is -0.313 e. The third kappa shape index (κ3) is 5.59. The third-order valence-electron chi connectivity index (χ3n) is 2.54. The van der Waals surface area contributed by atoms with Crippen LogP contribution in [0.15, 0.2) is 24.3 Å². The fourth-order valence-corrected chi connectivity index (χ4v) is 2.89. The molecular weight excluding hydrogens is 262 g/mol. The third-order valence-corrected chi connectivity index (χ3v) is 3.92. The molecule has 19 heavy (non-hydrogen) atoms. The summed E-state index contributed by atoms with van der Waals surface area (Å²) in [7, 11) is -1.66. The lowest BCUT2D eigenvalue weighted by atomic mass is 10.1.